The van der Waals surface area contributed by atoms with Crippen LogP contribution in [0.3, 0.4) is 0 Å². The van der Waals surface area contributed by atoms with Gasteiger partial charge >= 0.3 is 0 Å². The first-order valence-corrected chi connectivity index (χ1v) is 12.7. The van der Waals surface area contributed by atoms with Crippen LogP contribution in [0.25, 0.3) is 22.0 Å². The van der Waals surface area contributed by atoms with Crippen molar-refractivity contribution in [2.75, 3.05) is 0 Å². The van der Waals surface area contributed by atoms with E-state index in [0.717, 1.165) is 32.1 Å². The van der Waals surface area contributed by atoms with Crippen molar-refractivity contribution in [3.8, 4) is 11.1 Å². The number of furan rings is 1. The number of aromatic nitrogens is 1. The smallest absolute Gasteiger partial charge is 0.274 e. The van der Waals surface area contributed by atoms with Gasteiger partial charge in [-0.05, 0) is 54.4 Å². The minimum atomic E-state index is -0.474. The first-order valence-electron chi connectivity index (χ1n) is 11.9. The number of hydrazone groups is 1. The molecule has 3 aromatic carbocycles. The van der Waals surface area contributed by atoms with Crippen molar-refractivity contribution in [1.82, 2.24) is 9.99 Å². The third kappa shape index (κ3) is 4.11. The molecule has 6 nitrogen and oxygen atoms in total. The van der Waals surface area contributed by atoms with Crippen molar-refractivity contribution in [3.05, 3.63) is 128 Å². The highest BCUT2D eigenvalue weighted by molar-refractivity contribution is 9.10. The van der Waals surface area contributed by atoms with Crippen LogP contribution in [0.4, 0.5) is 0 Å². The minimum absolute atomic E-state index is 0.240. The zero-order valence-electron chi connectivity index (χ0n) is 19.9. The van der Waals surface area contributed by atoms with E-state index in [1.54, 1.807) is 18.4 Å². The summed E-state index contributed by atoms with van der Waals surface area (Å²) in [6, 6.07) is 26.1. The Hall–Kier alpha value is -4.23. The molecule has 37 heavy (non-hydrogen) atoms. The van der Waals surface area contributed by atoms with E-state index < -0.39 is 6.04 Å². The van der Waals surface area contributed by atoms with Gasteiger partial charge in [0.25, 0.3) is 11.5 Å². The Kier molecular flexibility index (Phi) is 5.85. The molecule has 1 unspecified atom stereocenters. The Bertz CT molecular complexity index is 1720. The standard InChI is InChI=1S/C30H22BrN3O3/c1-18-8-5-6-11-21(18)30(36)34-25(26-12-7-15-37-26)17-24(33-34)28-27(19-9-3-2-4-10-19)22-16-20(31)13-14-23(22)32-29(28)35/h2-16,25H,17H2,1H3,(H,32,35). The van der Waals surface area contributed by atoms with E-state index in [0.29, 0.717) is 29.0 Å². The number of hydrogen-bond acceptors (Lipinski definition) is 4. The van der Waals surface area contributed by atoms with E-state index in [1.165, 1.54) is 5.01 Å². The molecule has 1 N–H and O–H groups in total. The fourth-order valence-corrected chi connectivity index (χ4v) is 5.29. The third-order valence-corrected chi connectivity index (χ3v) is 7.19. The summed E-state index contributed by atoms with van der Waals surface area (Å²) >= 11 is 3.58. The summed E-state index contributed by atoms with van der Waals surface area (Å²) in [7, 11) is 0. The van der Waals surface area contributed by atoms with Crippen LogP contribution >= 0.6 is 15.9 Å². The highest BCUT2D eigenvalue weighted by Crippen LogP contribution is 2.38. The van der Waals surface area contributed by atoms with Crippen LogP contribution in [0.15, 0.2) is 110 Å². The van der Waals surface area contributed by atoms with E-state index >= 15 is 0 Å². The maximum atomic E-state index is 13.7. The predicted molar refractivity (Wildman–Crippen MR) is 148 cm³/mol. The van der Waals surface area contributed by atoms with Crippen molar-refractivity contribution in [3.63, 3.8) is 0 Å². The van der Waals surface area contributed by atoms with E-state index in [4.69, 9.17) is 9.52 Å². The maximum absolute atomic E-state index is 13.7. The quantitative estimate of drug-likeness (QED) is 0.265. The fourth-order valence-electron chi connectivity index (χ4n) is 4.93. The van der Waals surface area contributed by atoms with Gasteiger partial charge in [0.1, 0.15) is 11.8 Å². The van der Waals surface area contributed by atoms with Crippen LogP contribution in [0.2, 0.25) is 0 Å². The number of carbonyl (C=O) groups is 1. The average Bonchev–Trinajstić information content (AvgIpc) is 3.59. The lowest BCUT2D eigenvalue weighted by Gasteiger charge is -2.20. The van der Waals surface area contributed by atoms with Crippen molar-refractivity contribution >= 4 is 38.5 Å². The van der Waals surface area contributed by atoms with Gasteiger partial charge in [0.2, 0.25) is 0 Å². The second kappa shape index (κ2) is 9.33. The summed E-state index contributed by atoms with van der Waals surface area (Å²) in [5.74, 6) is 0.373. The molecule has 0 fully saturated rings. The number of nitrogens with zero attached hydrogens (tertiary/aromatic N) is 2. The molecule has 1 aliphatic heterocycles. The zero-order valence-corrected chi connectivity index (χ0v) is 21.5. The first-order chi connectivity index (χ1) is 18.0. The van der Waals surface area contributed by atoms with E-state index in [9.17, 15) is 9.59 Å². The van der Waals surface area contributed by atoms with Gasteiger partial charge in [-0.2, -0.15) is 5.10 Å². The Balaban J connectivity index is 1.58. The number of aryl methyl sites for hydroxylation is 1. The average molecular weight is 552 g/mol. The normalized spacial score (nSPS) is 15.2. The van der Waals surface area contributed by atoms with Gasteiger partial charge in [-0.3, -0.25) is 9.59 Å². The number of hydrogen-bond donors (Lipinski definition) is 1. The molecule has 0 aliphatic carbocycles. The maximum Gasteiger partial charge on any atom is 0.274 e. The number of nitrogens with one attached hydrogen (secondary N) is 1. The van der Waals surface area contributed by atoms with E-state index in [1.807, 2.05) is 79.7 Å². The lowest BCUT2D eigenvalue weighted by atomic mass is 9.92. The first kappa shape index (κ1) is 23.2. The molecule has 7 heteroatoms. The summed E-state index contributed by atoms with van der Waals surface area (Å²) in [6.45, 7) is 1.90. The monoisotopic (exact) mass is 551 g/mol. The molecule has 0 radical (unpaired) electrons. The van der Waals surface area contributed by atoms with E-state index in [2.05, 4.69) is 20.9 Å². The fraction of sp³-hybridized carbons (Fsp3) is 0.100. The number of rotatable bonds is 4. The molecule has 0 saturated heterocycles. The van der Waals surface area contributed by atoms with Crippen molar-refractivity contribution in [2.45, 2.75) is 19.4 Å². The number of amides is 1. The van der Waals surface area contributed by atoms with Gasteiger partial charge in [0.15, 0.2) is 0 Å². The number of halogens is 1. The summed E-state index contributed by atoms with van der Waals surface area (Å²) in [5, 5.41) is 7.14. The number of aromatic amines is 1. The summed E-state index contributed by atoms with van der Waals surface area (Å²) in [5.41, 5.74) is 4.55. The van der Waals surface area contributed by atoms with Gasteiger partial charge in [-0.15, -0.1) is 0 Å². The van der Waals surface area contributed by atoms with Crippen molar-refractivity contribution in [2.24, 2.45) is 5.10 Å². The van der Waals surface area contributed by atoms with E-state index in [-0.39, 0.29) is 11.5 Å². The van der Waals surface area contributed by atoms with Crippen LogP contribution in [0, 0.1) is 6.92 Å². The summed E-state index contributed by atoms with van der Waals surface area (Å²) < 4.78 is 6.62. The Morgan fingerprint density at radius 1 is 1.00 bits per heavy atom. The second-order valence-corrected chi connectivity index (χ2v) is 9.92. The SMILES string of the molecule is Cc1ccccc1C(=O)N1N=C(c2c(-c3ccccc3)c3cc(Br)ccc3[nH]c2=O)CC1c1ccco1. The minimum Gasteiger partial charge on any atom is -0.467 e. The second-order valence-electron chi connectivity index (χ2n) is 9.01. The lowest BCUT2D eigenvalue weighted by molar-refractivity contribution is 0.0692. The third-order valence-electron chi connectivity index (χ3n) is 6.69. The van der Waals surface area contributed by atoms with Gasteiger partial charge in [0.05, 0.1) is 17.5 Å². The number of carbonyl (C=O) groups excluding carboxylic acids is 1. The number of pyridine rings is 1. The topological polar surface area (TPSA) is 78.7 Å². The van der Waals surface area contributed by atoms with Crippen molar-refractivity contribution in [1.29, 1.82) is 0 Å². The Labute approximate surface area is 221 Å². The Morgan fingerprint density at radius 3 is 2.54 bits per heavy atom. The van der Waals surface area contributed by atoms with Crippen LogP contribution in [-0.2, 0) is 0 Å². The molecule has 2 aromatic heterocycles. The van der Waals surface area contributed by atoms with Crippen LogP contribution < -0.4 is 5.56 Å². The molecule has 6 rings (SSSR count). The van der Waals surface area contributed by atoms with Crippen LogP contribution in [0.5, 0.6) is 0 Å². The highest BCUT2D eigenvalue weighted by atomic mass is 79.9. The van der Waals surface area contributed by atoms with Crippen LogP contribution in [0.1, 0.15) is 39.7 Å². The molecular weight excluding hydrogens is 530 g/mol. The zero-order chi connectivity index (χ0) is 25.5. The van der Waals surface area contributed by atoms with Gasteiger partial charge in [-0.25, -0.2) is 5.01 Å². The predicted octanol–water partition coefficient (Wildman–Crippen LogP) is 6.85. The molecular formula is C30H22BrN3O3. The van der Waals surface area contributed by atoms with Gasteiger partial charge < -0.3 is 9.40 Å². The number of fused-ring (bicyclic) bond motifs is 1. The molecule has 1 amide bonds. The molecule has 0 saturated carbocycles. The molecule has 1 atom stereocenters. The molecule has 5 aromatic rings. The Morgan fingerprint density at radius 2 is 1.78 bits per heavy atom. The van der Waals surface area contributed by atoms with Gasteiger partial charge in [0, 0.05) is 32.9 Å². The molecule has 0 bridgehead atoms. The molecule has 182 valence electrons. The van der Waals surface area contributed by atoms with Crippen LogP contribution in [-0.4, -0.2) is 21.6 Å². The summed E-state index contributed by atoms with van der Waals surface area (Å²) in [6.07, 6.45) is 1.92. The number of H-pyrrole nitrogens is 1. The largest absolute Gasteiger partial charge is 0.467 e. The summed E-state index contributed by atoms with van der Waals surface area (Å²) in [4.78, 5) is 30.4. The van der Waals surface area contributed by atoms with Gasteiger partial charge in [-0.1, -0.05) is 64.5 Å². The highest BCUT2D eigenvalue weighted by Gasteiger charge is 2.37. The number of benzene rings is 3. The molecule has 3 heterocycles. The molecule has 0 spiro atoms. The van der Waals surface area contributed by atoms with Crippen molar-refractivity contribution < 1.29 is 9.21 Å². The molecule has 1 aliphatic rings. The lowest BCUT2D eigenvalue weighted by Crippen LogP contribution is -2.27.